The first-order valence-corrected chi connectivity index (χ1v) is 7.93. The van der Waals surface area contributed by atoms with Crippen molar-refractivity contribution >= 4 is 11.9 Å². The SMILES string of the molecule is Cc1cc(C(F)(F)F)nc(N[C@@H]2CCC(=O)N[C@H]2C2CCCO2)n1. The predicted octanol–water partition coefficient (Wildman–Crippen LogP) is 2.04. The molecule has 24 heavy (non-hydrogen) atoms. The second kappa shape index (κ2) is 6.54. The summed E-state index contributed by atoms with van der Waals surface area (Å²) < 4.78 is 44.3. The number of carbonyl (C=O) groups is 1. The number of piperidine rings is 1. The Bertz CT molecular complexity index is 617. The molecule has 132 valence electrons. The van der Waals surface area contributed by atoms with Crippen molar-refractivity contribution < 1.29 is 22.7 Å². The Morgan fingerprint density at radius 2 is 2.12 bits per heavy atom. The van der Waals surface area contributed by atoms with Crippen LogP contribution in [0.25, 0.3) is 0 Å². The molecule has 1 aromatic heterocycles. The fourth-order valence-electron chi connectivity index (χ4n) is 3.17. The summed E-state index contributed by atoms with van der Waals surface area (Å²) in [7, 11) is 0. The van der Waals surface area contributed by atoms with Crippen LogP contribution < -0.4 is 10.6 Å². The number of hydrogen-bond donors (Lipinski definition) is 2. The minimum absolute atomic E-state index is 0.0744. The van der Waals surface area contributed by atoms with E-state index in [-0.39, 0.29) is 35.7 Å². The van der Waals surface area contributed by atoms with Crippen molar-refractivity contribution in [2.75, 3.05) is 11.9 Å². The van der Waals surface area contributed by atoms with Crippen molar-refractivity contribution in [3.05, 3.63) is 17.5 Å². The van der Waals surface area contributed by atoms with Gasteiger partial charge in [-0.05, 0) is 32.3 Å². The molecule has 2 fully saturated rings. The van der Waals surface area contributed by atoms with Crippen LogP contribution in [0.4, 0.5) is 19.1 Å². The Labute approximate surface area is 137 Å². The summed E-state index contributed by atoms with van der Waals surface area (Å²) in [6, 6.07) is 0.339. The monoisotopic (exact) mass is 344 g/mol. The summed E-state index contributed by atoms with van der Waals surface area (Å²) in [4.78, 5) is 19.3. The zero-order chi connectivity index (χ0) is 17.3. The van der Waals surface area contributed by atoms with Crippen LogP contribution >= 0.6 is 0 Å². The van der Waals surface area contributed by atoms with Crippen molar-refractivity contribution in [1.29, 1.82) is 0 Å². The van der Waals surface area contributed by atoms with Gasteiger partial charge in [-0.1, -0.05) is 0 Å². The van der Waals surface area contributed by atoms with Gasteiger partial charge in [0.25, 0.3) is 0 Å². The summed E-state index contributed by atoms with van der Waals surface area (Å²) in [5.74, 6) is -0.152. The molecule has 3 rings (SSSR count). The third-order valence-corrected chi connectivity index (χ3v) is 4.27. The third kappa shape index (κ3) is 3.77. The minimum atomic E-state index is -4.53. The van der Waals surface area contributed by atoms with E-state index in [2.05, 4.69) is 20.6 Å². The number of halogens is 3. The van der Waals surface area contributed by atoms with Crippen LogP contribution in [0.2, 0.25) is 0 Å². The maximum Gasteiger partial charge on any atom is 0.433 e. The van der Waals surface area contributed by atoms with E-state index in [1.54, 1.807) is 0 Å². The fourth-order valence-corrected chi connectivity index (χ4v) is 3.17. The summed E-state index contributed by atoms with van der Waals surface area (Å²) in [5, 5.41) is 5.85. The molecule has 2 aliphatic rings. The van der Waals surface area contributed by atoms with Crippen molar-refractivity contribution in [2.24, 2.45) is 0 Å². The molecule has 3 heterocycles. The molecule has 0 saturated carbocycles. The van der Waals surface area contributed by atoms with E-state index in [0.717, 1.165) is 18.9 Å². The maximum absolute atomic E-state index is 12.9. The van der Waals surface area contributed by atoms with Gasteiger partial charge >= 0.3 is 6.18 Å². The van der Waals surface area contributed by atoms with Crippen LogP contribution in [-0.4, -0.2) is 40.7 Å². The highest BCUT2D eigenvalue weighted by Gasteiger charge is 2.38. The van der Waals surface area contributed by atoms with Crippen molar-refractivity contribution in [3.63, 3.8) is 0 Å². The number of amides is 1. The lowest BCUT2D eigenvalue weighted by atomic mass is 9.92. The summed E-state index contributed by atoms with van der Waals surface area (Å²) in [6.07, 6.45) is -2.15. The van der Waals surface area contributed by atoms with Crippen molar-refractivity contribution in [2.45, 2.75) is 57.0 Å². The standard InChI is InChI=1S/C15H19F3N4O2/c1-8-7-11(15(16,17)18)21-14(19-8)20-9-4-5-12(23)22-13(9)10-3-2-6-24-10/h7,9-10,13H,2-6H2,1H3,(H,22,23)(H,19,20,21)/t9-,10?,13-/m1/s1. The average Bonchev–Trinajstić information content (AvgIpc) is 3.02. The summed E-state index contributed by atoms with van der Waals surface area (Å²) >= 11 is 0. The second-order valence-corrected chi connectivity index (χ2v) is 6.15. The quantitative estimate of drug-likeness (QED) is 0.878. The van der Waals surface area contributed by atoms with Gasteiger partial charge in [-0.3, -0.25) is 4.79 Å². The number of alkyl halides is 3. The van der Waals surface area contributed by atoms with Crippen LogP contribution in [0, 0.1) is 6.92 Å². The van der Waals surface area contributed by atoms with Crippen LogP contribution in [0.1, 0.15) is 37.1 Å². The number of ether oxygens (including phenoxy) is 1. The van der Waals surface area contributed by atoms with Crippen LogP contribution in [0.15, 0.2) is 6.07 Å². The highest BCUT2D eigenvalue weighted by Crippen LogP contribution is 2.29. The molecular weight excluding hydrogens is 325 g/mol. The Balaban J connectivity index is 1.80. The van der Waals surface area contributed by atoms with E-state index in [4.69, 9.17) is 4.74 Å². The molecule has 2 aliphatic heterocycles. The van der Waals surface area contributed by atoms with Crippen molar-refractivity contribution in [3.8, 4) is 0 Å². The first kappa shape index (κ1) is 16.9. The maximum atomic E-state index is 12.9. The zero-order valence-electron chi connectivity index (χ0n) is 13.2. The molecule has 0 spiro atoms. The van der Waals surface area contributed by atoms with Gasteiger partial charge in [0.1, 0.15) is 5.69 Å². The molecule has 1 aromatic rings. The van der Waals surface area contributed by atoms with E-state index in [1.165, 1.54) is 6.92 Å². The molecule has 0 aromatic carbocycles. The van der Waals surface area contributed by atoms with E-state index in [0.29, 0.717) is 19.4 Å². The van der Waals surface area contributed by atoms with Crippen LogP contribution in [-0.2, 0) is 15.7 Å². The predicted molar refractivity (Wildman–Crippen MR) is 79.3 cm³/mol. The van der Waals surface area contributed by atoms with E-state index >= 15 is 0 Å². The molecule has 2 saturated heterocycles. The number of anilines is 1. The van der Waals surface area contributed by atoms with Gasteiger partial charge in [0, 0.05) is 18.7 Å². The van der Waals surface area contributed by atoms with Gasteiger partial charge in [-0.25, -0.2) is 9.97 Å². The van der Waals surface area contributed by atoms with Gasteiger partial charge in [0.15, 0.2) is 0 Å². The zero-order valence-corrected chi connectivity index (χ0v) is 13.2. The molecule has 0 radical (unpaired) electrons. The van der Waals surface area contributed by atoms with Crippen LogP contribution in [0.3, 0.4) is 0 Å². The molecule has 6 nitrogen and oxygen atoms in total. The second-order valence-electron chi connectivity index (χ2n) is 6.15. The Kier molecular flexibility index (Phi) is 4.62. The van der Waals surface area contributed by atoms with E-state index in [1.807, 2.05) is 0 Å². The van der Waals surface area contributed by atoms with E-state index < -0.39 is 11.9 Å². The number of nitrogens with one attached hydrogen (secondary N) is 2. The normalized spacial score (nSPS) is 27.8. The minimum Gasteiger partial charge on any atom is -0.376 e. The van der Waals surface area contributed by atoms with Gasteiger partial charge < -0.3 is 15.4 Å². The van der Waals surface area contributed by atoms with Gasteiger partial charge in [-0.15, -0.1) is 0 Å². The average molecular weight is 344 g/mol. The molecule has 0 aliphatic carbocycles. The lowest BCUT2D eigenvalue weighted by Crippen LogP contribution is -2.57. The number of hydrogen-bond acceptors (Lipinski definition) is 5. The fraction of sp³-hybridized carbons (Fsp3) is 0.667. The topological polar surface area (TPSA) is 76.1 Å². The van der Waals surface area contributed by atoms with Crippen molar-refractivity contribution in [1.82, 2.24) is 15.3 Å². The first-order valence-electron chi connectivity index (χ1n) is 7.93. The number of carbonyl (C=O) groups excluding carboxylic acids is 1. The Morgan fingerprint density at radius 3 is 2.79 bits per heavy atom. The highest BCUT2D eigenvalue weighted by atomic mass is 19.4. The summed E-state index contributed by atoms with van der Waals surface area (Å²) in [5.41, 5.74) is -0.751. The number of aryl methyl sites for hydroxylation is 1. The van der Waals surface area contributed by atoms with Gasteiger partial charge in [0.05, 0.1) is 18.2 Å². The van der Waals surface area contributed by atoms with Crippen LogP contribution in [0.5, 0.6) is 0 Å². The molecule has 2 N–H and O–H groups in total. The van der Waals surface area contributed by atoms with Gasteiger partial charge in [0.2, 0.25) is 11.9 Å². The largest absolute Gasteiger partial charge is 0.433 e. The molecule has 3 atom stereocenters. The molecule has 0 bridgehead atoms. The molecular formula is C15H19F3N4O2. The smallest absolute Gasteiger partial charge is 0.376 e. The summed E-state index contributed by atoms with van der Waals surface area (Å²) in [6.45, 7) is 2.12. The third-order valence-electron chi connectivity index (χ3n) is 4.27. The highest BCUT2D eigenvalue weighted by molar-refractivity contribution is 5.77. The number of rotatable bonds is 3. The lowest BCUT2D eigenvalue weighted by molar-refractivity contribution is -0.141. The Morgan fingerprint density at radius 1 is 1.33 bits per heavy atom. The molecule has 9 heteroatoms. The Hall–Kier alpha value is -1.90. The van der Waals surface area contributed by atoms with E-state index in [9.17, 15) is 18.0 Å². The lowest BCUT2D eigenvalue weighted by Gasteiger charge is -2.36. The first-order chi connectivity index (χ1) is 11.3. The number of aromatic nitrogens is 2. The number of nitrogens with zero attached hydrogens (tertiary/aromatic N) is 2. The molecule has 1 amide bonds. The molecule has 1 unspecified atom stereocenters. The van der Waals surface area contributed by atoms with Gasteiger partial charge in [-0.2, -0.15) is 13.2 Å².